The van der Waals surface area contributed by atoms with Gasteiger partial charge in [-0.2, -0.15) is 0 Å². The number of benzene rings is 2. The molecule has 0 saturated carbocycles. The second kappa shape index (κ2) is 11.3. The molecule has 1 aliphatic heterocycles. The van der Waals surface area contributed by atoms with Gasteiger partial charge in [-0.15, -0.1) is 0 Å². The fourth-order valence-electron chi connectivity index (χ4n) is 3.41. The standard InChI is InChI=1S/C23H30N4O2/c28-22(24-12-11-20-7-3-1-4-8-20)18-26-13-15-27(16-14-26)19-23(29)25-17-21-9-5-2-6-10-21/h1-10H,11-19H2,(H,24,28)(H,25,29). The van der Waals surface area contributed by atoms with Crippen LogP contribution in [0, 0.1) is 0 Å². The minimum atomic E-state index is 0.0426. The van der Waals surface area contributed by atoms with Crippen molar-refractivity contribution in [2.45, 2.75) is 13.0 Å². The molecule has 0 spiro atoms. The average molecular weight is 395 g/mol. The van der Waals surface area contributed by atoms with Crippen LogP contribution in [0.4, 0.5) is 0 Å². The number of rotatable bonds is 9. The number of carbonyl (C=O) groups is 2. The van der Waals surface area contributed by atoms with Crippen molar-refractivity contribution in [2.75, 3.05) is 45.8 Å². The average Bonchev–Trinajstić information content (AvgIpc) is 2.75. The summed E-state index contributed by atoms with van der Waals surface area (Å²) in [5, 5.41) is 5.96. The molecule has 0 atom stereocenters. The highest BCUT2D eigenvalue weighted by atomic mass is 16.2. The molecule has 2 aromatic rings. The van der Waals surface area contributed by atoms with E-state index in [-0.39, 0.29) is 11.8 Å². The Kier molecular flexibility index (Phi) is 8.22. The lowest BCUT2D eigenvalue weighted by Crippen LogP contribution is -2.51. The fourth-order valence-corrected chi connectivity index (χ4v) is 3.41. The van der Waals surface area contributed by atoms with Gasteiger partial charge in [0.2, 0.25) is 11.8 Å². The lowest BCUT2D eigenvalue weighted by Gasteiger charge is -2.33. The highest BCUT2D eigenvalue weighted by molar-refractivity contribution is 5.78. The van der Waals surface area contributed by atoms with E-state index in [0.717, 1.165) is 38.2 Å². The summed E-state index contributed by atoms with van der Waals surface area (Å²) in [5.41, 5.74) is 2.33. The Balaban J connectivity index is 1.27. The van der Waals surface area contributed by atoms with Crippen LogP contribution in [0.15, 0.2) is 60.7 Å². The molecular weight excluding hydrogens is 364 g/mol. The summed E-state index contributed by atoms with van der Waals surface area (Å²) < 4.78 is 0. The molecule has 1 aliphatic rings. The number of hydrogen-bond acceptors (Lipinski definition) is 4. The van der Waals surface area contributed by atoms with Crippen molar-refractivity contribution in [2.24, 2.45) is 0 Å². The van der Waals surface area contributed by atoms with E-state index in [1.807, 2.05) is 48.5 Å². The smallest absolute Gasteiger partial charge is 0.234 e. The van der Waals surface area contributed by atoms with Crippen LogP contribution in [0.25, 0.3) is 0 Å². The summed E-state index contributed by atoms with van der Waals surface area (Å²) in [7, 11) is 0. The number of nitrogens with one attached hydrogen (secondary N) is 2. The van der Waals surface area contributed by atoms with Crippen LogP contribution in [-0.4, -0.2) is 67.4 Å². The molecular formula is C23H30N4O2. The van der Waals surface area contributed by atoms with Gasteiger partial charge in [-0.1, -0.05) is 60.7 Å². The first kappa shape index (κ1) is 21.0. The predicted molar refractivity (Wildman–Crippen MR) is 114 cm³/mol. The first-order valence-electron chi connectivity index (χ1n) is 10.2. The van der Waals surface area contributed by atoms with Gasteiger partial charge in [0.1, 0.15) is 0 Å². The molecule has 0 aliphatic carbocycles. The summed E-state index contributed by atoms with van der Waals surface area (Å²) in [5.74, 6) is 0.107. The summed E-state index contributed by atoms with van der Waals surface area (Å²) in [6.07, 6.45) is 0.846. The van der Waals surface area contributed by atoms with E-state index in [9.17, 15) is 9.59 Å². The molecule has 3 rings (SSSR count). The lowest BCUT2D eigenvalue weighted by molar-refractivity contribution is -0.125. The van der Waals surface area contributed by atoms with Gasteiger partial charge < -0.3 is 10.6 Å². The van der Waals surface area contributed by atoms with Crippen molar-refractivity contribution in [3.63, 3.8) is 0 Å². The third kappa shape index (κ3) is 7.68. The van der Waals surface area contributed by atoms with Crippen molar-refractivity contribution in [3.05, 3.63) is 71.8 Å². The van der Waals surface area contributed by atoms with Gasteiger partial charge in [-0.25, -0.2) is 0 Å². The van der Waals surface area contributed by atoms with E-state index < -0.39 is 0 Å². The molecule has 2 aromatic carbocycles. The zero-order valence-corrected chi connectivity index (χ0v) is 16.8. The zero-order chi connectivity index (χ0) is 20.3. The largest absolute Gasteiger partial charge is 0.355 e. The maximum atomic E-state index is 12.2. The Bertz CT molecular complexity index is 759. The highest BCUT2D eigenvalue weighted by Gasteiger charge is 2.20. The minimum Gasteiger partial charge on any atom is -0.355 e. The summed E-state index contributed by atoms with van der Waals surface area (Å²) in [6.45, 7) is 5.25. The van der Waals surface area contributed by atoms with Gasteiger partial charge >= 0.3 is 0 Å². The molecule has 0 radical (unpaired) electrons. The normalized spacial score (nSPS) is 15.0. The quantitative estimate of drug-likeness (QED) is 0.673. The first-order chi connectivity index (χ1) is 14.2. The Morgan fingerprint density at radius 2 is 1.17 bits per heavy atom. The Labute approximate surface area is 172 Å². The number of hydrogen-bond donors (Lipinski definition) is 2. The fraction of sp³-hybridized carbons (Fsp3) is 0.391. The Hall–Kier alpha value is -2.70. The van der Waals surface area contributed by atoms with Crippen molar-refractivity contribution in [1.82, 2.24) is 20.4 Å². The molecule has 2 amide bonds. The van der Waals surface area contributed by atoms with Gasteiger partial charge in [-0.05, 0) is 17.5 Å². The van der Waals surface area contributed by atoms with Crippen molar-refractivity contribution in [1.29, 1.82) is 0 Å². The van der Waals surface area contributed by atoms with E-state index in [0.29, 0.717) is 26.2 Å². The van der Waals surface area contributed by atoms with Crippen LogP contribution >= 0.6 is 0 Å². The first-order valence-corrected chi connectivity index (χ1v) is 10.2. The second-order valence-electron chi connectivity index (χ2n) is 7.40. The topological polar surface area (TPSA) is 64.7 Å². The van der Waals surface area contributed by atoms with E-state index >= 15 is 0 Å². The van der Waals surface area contributed by atoms with Gasteiger partial charge in [0.25, 0.3) is 0 Å². The summed E-state index contributed by atoms with van der Waals surface area (Å²) in [6, 6.07) is 20.1. The molecule has 154 valence electrons. The third-order valence-corrected chi connectivity index (χ3v) is 5.11. The molecule has 2 N–H and O–H groups in total. The van der Waals surface area contributed by atoms with Crippen LogP contribution in [0.2, 0.25) is 0 Å². The van der Waals surface area contributed by atoms with Gasteiger partial charge in [0, 0.05) is 39.3 Å². The van der Waals surface area contributed by atoms with Gasteiger partial charge in [-0.3, -0.25) is 19.4 Å². The molecule has 6 nitrogen and oxygen atoms in total. The minimum absolute atomic E-state index is 0.0426. The van der Waals surface area contributed by atoms with Gasteiger partial charge in [0.15, 0.2) is 0 Å². The number of piperazine rings is 1. The van der Waals surface area contributed by atoms with Crippen molar-refractivity contribution >= 4 is 11.8 Å². The van der Waals surface area contributed by atoms with Crippen LogP contribution < -0.4 is 10.6 Å². The predicted octanol–water partition coefficient (Wildman–Crippen LogP) is 1.28. The van der Waals surface area contributed by atoms with Crippen LogP contribution in [0.1, 0.15) is 11.1 Å². The summed E-state index contributed by atoms with van der Waals surface area (Å²) in [4.78, 5) is 28.6. The molecule has 0 unspecified atom stereocenters. The number of nitrogens with zero attached hydrogens (tertiary/aromatic N) is 2. The molecule has 1 heterocycles. The zero-order valence-electron chi connectivity index (χ0n) is 16.8. The lowest BCUT2D eigenvalue weighted by atomic mass is 10.1. The molecule has 0 aromatic heterocycles. The molecule has 29 heavy (non-hydrogen) atoms. The number of amides is 2. The second-order valence-corrected chi connectivity index (χ2v) is 7.40. The number of carbonyl (C=O) groups excluding carboxylic acids is 2. The maximum absolute atomic E-state index is 12.2. The van der Waals surface area contributed by atoms with Crippen molar-refractivity contribution in [3.8, 4) is 0 Å². The molecule has 0 bridgehead atoms. The summed E-state index contributed by atoms with van der Waals surface area (Å²) >= 11 is 0. The van der Waals surface area contributed by atoms with E-state index in [1.165, 1.54) is 5.56 Å². The molecule has 1 fully saturated rings. The SMILES string of the molecule is O=C(CN1CCN(CC(=O)NCc2ccccc2)CC1)NCCc1ccccc1. The highest BCUT2D eigenvalue weighted by Crippen LogP contribution is 2.02. The molecule has 1 saturated heterocycles. The molecule has 6 heteroatoms. The van der Waals surface area contributed by atoms with Crippen molar-refractivity contribution < 1.29 is 9.59 Å². The Morgan fingerprint density at radius 3 is 1.72 bits per heavy atom. The maximum Gasteiger partial charge on any atom is 0.234 e. The van der Waals surface area contributed by atoms with Crippen LogP contribution in [0.3, 0.4) is 0 Å². The Morgan fingerprint density at radius 1 is 0.690 bits per heavy atom. The van der Waals surface area contributed by atoms with Crippen LogP contribution in [0.5, 0.6) is 0 Å². The van der Waals surface area contributed by atoms with Crippen LogP contribution in [-0.2, 0) is 22.6 Å². The van der Waals surface area contributed by atoms with E-state index in [4.69, 9.17) is 0 Å². The monoisotopic (exact) mass is 394 g/mol. The van der Waals surface area contributed by atoms with Gasteiger partial charge in [0.05, 0.1) is 13.1 Å². The van der Waals surface area contributed by atoms with E-state index in [1.54, 1.807) is 0 Å². The third-order valence-electron chi connectivity index (χ3n) is 5.11. The van der Waals surface area contributed by atoms with E-state index in [2.05, 4.69) is 32.6 Å².